The highest BCUT2D eigenvalue weighted by molar-refractivity contribution is 7.92. The van der Waals surface area contributed by atoms with Gasteiger partial charge in [-0.25, -0.2) is 16.8 Å². The molecule has 1 aliphatic carbocycles. The first kappa shape index (κ1) is 27.9. The number of ether oxygens (including phenoxy) is 1. The van der Waals surface area contributed by atoms with Gasteiger partial charge in [0.2, 0.25) is 0 Å². The fourth-order valence-corrected chi connectivity index (χ4v) is 8.01. The van der Waals surface area contributed by atoms with Gasteiger partial charge in [0.1, 0.15) is 15.6 Å². The molecule has 4 rings (SSSR count). The van der Waals surface area contributed by atoms with Crippen LogP contribution < -0.4 is 4.74 Å². The van der Waals surface area contributed by atoms with Gasteiger partial charge in [0.05, 0.1) is 34.6 Å². The van der Waals surface area contributed by atoms with Crippen molar-refractivity contribution in [2.24, 2.45) is 5.92 Å². The van der Waals surface area contributed by atoms with Crippen molar-refractivity contribution in [3.05, 3.63) is 58.1 Å². The first-order valence-electron chi connectivity index (χ1n) is 12.6. The third kappa shape index (κ3) is 7.05. The molecule has 200 valence electrons. The van der Waals surface area contributed by atoms with E-state index < -0.39 is 19.7 Å². The molecule has 3 atom stereocenters. The molecule has 0 radical (unpaired) electrons. The van der Waals surface area contributed by atoms with Gasteiger partial charge in [-0.2, -0.15) is 5.26 Å². The van der Waals surface area contributed by atoms with E-state index in [9.17, 15) is 22.1 Å². The Hall–Kier alpha value is -2.12. The van der Waals surface area contributed by atoms with E-state index in [4.69, 9.17) is 16.3 Å². The van der Waals surface area contributed by atoms with Crippen LogP contribution in [0.15, 0.2) is 41.3 Å². The Labute approximate surface area is 225 Å². The fourth-order valence-electron chi connectivity index (χ4n) is 5.61. The lowest BCUT2D eigenvalue weighted by atomic mass is 9.85. The lowest BCUT2D eigenvalue weighted by Crippen LogP contribution is -2.41. The Morgan fingerprint density at radius 2 is 1.86 bits per heavy atom. The van der Waals surface area contributed by atoms with Crippen molar-refractivity contribution >= 4 is 31.3 Å². The van der Waals surface area contributed by atoms with E-state index in [1.54, 1.807) is 18.2 Å². The molecule has 0 aromatic heterocycles. The zero-order valence-corrected chi connectivity index (χ0v) is 23.6. The second-order valence-electron chi connectivity index (χ2n) is 10.3. The molecule has 10 heteroatoms. The van der Waals surface area contributed by atoms with Crippen molar-refractivity contribution in [3.63, 3.8) is 0 Å². The molecular weight excluding hydrogens is 532 g/mol. The standard InChI is InChI=1S/C27H33ClN2O5S2/c1-19-12-20(17-30(19)24-4-9-27-21(15-24)13-23(28)14-22(27)16-29)18-35-25-5-7-26(8-6-25)37(33,34)11-3-10-36(2,31)32/h5-8,13-14,19-20,24H,3-4,9-12,15,17-18H2,1-2H3. The quantitative estimate of drug-likeness (QED) is 0.452. The largest absolute Gasteiger partial charge is 0.493 e. The second kappa shape index (κ2) is 11.3. The smallest absolute Gasteiger partial charge is 0.178 e. The van der Waals surface area contributed by atoms with Crippen LogP contribution in [0.2, 0.25) is 5.02 Å². The Morgan fingerprint density at radius 1 is 1.14 bits per heavy atom. The lowest BCUT2D eigenvalue weighted by molar-refractivity contribution is 0.164. The number of halogens is 1. The van der Waals surface area contributed by atoms with Crippen molar-refractivity contribution in [1.82, 2.24) is 4.90 Å². The highest BCUT2D eigenvalue weighted by atomic mass is 35.5. The van der Waals surface area contributed by atoms with E-state index in [0.717, 1.165) is 44.0 Å². The predicted molar refractivity (Wildman–Crippen MR) is 145 cm³/mol. The van der Waals surface area contributed by atoms with E-state index in [1.165, 1.54) is 17.7 Å². The minimum absolute atomic E-state index is 0.0783. The van der Waals surface area contributed by atoms with Gasteiger partial charge in [-0.3, -0.25) is 4.90 Å². The third-order valence-corrected chi connectivity index (χ3v) is 10.5. The summed E-state index contributed by atoms with van der Waals surface area (Å²) >= 11 is 6.26. The van der Waals surface area contributed by atoms with E-state index in [2.05, 4.69) is 17.9 Å². The van der Waals surface area contributed by atoms with E-state index >= 15 is 0 Å². The number of likely N-dealkylation sites (tertiary alicyclic amines) is 1. The fraction of sp³-hybridized carbons (Fsp3) is 0.519. The van der Waals surface area contributed by atoms with E-state index in [-0.39, 0.29) is 22.8 Å². The molecule has 1 saturated heterocycles. The van der Waals surface area contributed by atoms with Gasteiger partial charge in [-0.15, -0.1) is 0 Å². The molecule has 2 aliphatic rings. The molecule has 2 aromatic rings. The van der Waals surface area contributed by atoms with E-state index in [0.29, 0.717) is 40.9 Å². The van der Waals surface area contributed by atoms with Crippen LogP contribution in [0.4, 0.5) is 0 Å². The Morgan fingerprint density at radius 3 is 2.54 bits per heavy atom. The summed E-state index contributed by atoms with van der Waals surface area (Å²) in [4.78, 5) is 2.72. The molecule has 0 spiro atoms. The normalized spacial score (nSPS) is 22.4. The minimum Gasteiger partial charge on any atom is -0.493 e. The molecule has 0 saturated carbocycles. The monoisotopic (exact) mass is 564 g/mol. The van der Waals surface area contributed by atoms with Crippen LogP contribution in [0.5, 0.6) is 5.75 Å². The summed E-state index contributed by atoms with van der Waals surface area (Å²) in [7, 11) is -6.73. The van der Waals surface area contributed by atoms with Crippen LogP contribution >= 0.6 is 11.6 Å². The summed E-state index contributed by atoms with van der Waals surface area (Å²) in [6.45, 7) is 3.73. The molecule has 1 aliphatic heterocycles. The number of rotatable bonds is 9. The van der Waals surface area contributed by atoms with Crippen LogP contribution in [0.3, 0.4) is 0 Å². The molecule has 0 bridgehead atoms. The Bertz CT molecular complexity index is 1390. The van der Waals surface area contributed by atoms with Crippen molar-refractivity contribution < 1.29 is 21.6 Å². The summed E-state index contributed by atoms with van der Waals surface area (Å²) in [5.74, 6) is 0.633. The lowest BCUT2D eigenvalue weighted by Gasteiger charge is -2.35. The van der Waals surface area contributed by atoms with Gasteiger partial charge in [-0.05, 0) is 86.6 Å². The Kier molecular flexibility index (Phi) is 8.54. The van der Waals surface area contributed by atoms with Crippen molar-refractivity contribution in [1.29, 1.82) is 5.26 Å². The zero-order valence-electron chi connectivity index (χ0n) is 21.2. The summed E-state index contributed by atoms with van der Waals surface area (Å²) < 4.78 is 53.5. The van der Waals surface area contributed by atoms with Crippen LogP contribution in [0.25, 0.3) is 0 Å². The summed E-state index contributed by atoms with van der Waals surface area (Å²) in [5, 5.41) is 10.1. The predicted octanol–water partition coefficient (Wildman–Crippen LogP) is 4.07. The molecule has 7 nitrogen and oxygen atoms in total. The van der Waals surface area contributed by atoms with Crippen molar-refractivity contribution in [2.75, 3.05) is 30.9 Å². The molecule has 0 amide bonds. The zero-order chi connectivity index (χ0) is 26.8. The molecular formula is C27H33ClN2O5S2. The number of nitriles is 1. The van der Waals surface area contributed by atoms with Crippen LogP contribution in [0.1, 0.15) is 42.9 Å². The highest BCUT2D eigenvalue weighted by Crippen LogP contribution is 2.34. The number of sulfone groups is 2. The van der Waals surface area contributed by atoms with Gasteiger partial charge in [0, 0.05) is 35.8 Å². The molecule has 0 N–H and O–H groups in total. The number of nitrogens with zero attached hydrogens (tertiary/aromatic N) is 2. The molecule has 37 heavy (non-hydrogen) atoms. The minimum atomic E-state index is -3.54. The first-order chi connectivity index (χ1) is 17.4. The Balaban J connectivity index is 1.31. The van der Waals surface area contributed by atoms with Gasteiger partial charge in [0.15, 0.2) is 9.84 Å². The van der Waals surface area contributed by atoms with Gasteiger partial charge in [0.25, 0.3) is 0 Å². The average molecular weight is 565 g/mol. The van der Waals surface area contributed by atoms with Gasteiger partial charge < -0.3 is 4.74 Å². The molecule has 2 aromatic carbocycles. The van der Waals surface area contributed by atoms with Gasteiger partial charge in [-0.1, -0.05) is 11.6 Å². The highest BCUT2D eigenvalue weighted by Gasteiger charge is 2.36. The molecule has 1 heterocycles. The number of hydrogen-bond acceptors (Lipinski definition) is 7. The third-order valence-electron chi connectivity index (χ3n) is 7.39. The summed E-state index contributed by atoms with van der Waals surface area (Å²) in [6, 6.07) is 13.2. The number of hydrogen-bond donors (Lipinski definition) is 0. The average Bonchev–Trinajstić information content (AvgIpc) is 3.21. The maximum Gasteiger partial charge on any atom is 0.178 e. The maximum atomic E-state index is 12.5. The summed E-state index contributed by atoms with van der Waals surface area (Å²) in [5.41, 5.74) is 3.00. The van der Waals surface area contributed by atoms with Crippen molar-refractivity contribution in [3.8, 4) is 11.8 Å². The molecule has 3 unspecified atom stereocenters. The van der Waals surface area contributed by atoms with Gasteiger partial charge >= 0.3 is 0 Å². The summed E-state index contributed by atoms with van der Waals surface area (Å²) in [6.07, 6.45) is 4.99. The number of fused-ring (bicyclic) bond motifs is 1. The van der Waals surface area contributed by atoms with Crippen LogP contribution in [-0.2, 0) is 32.5 Å². The number of benzene rings is 2. The first-order valence-corrected chi connectivity index (χ1v) is 16.6. The second-order valence-corrected chi connectivity index (χ2v) is 15.1. The topological polar surface area (TPSA) is 105 Å². The van der Waals surface area contributed by atoms with Crippen LogP contribution in [-0.4, -0.2) is 64.7 Å². The maximum absolute atomic E-state index is 12.5. The molecule has 1 fully saturated rings. The SMILES string of the molecule is CC1CC(COc2ccc(S(=O)(=O)CCCS(C)(=O)=O)cc2)CN1C1CCc2c(C#N)cc(Cl)cc2C1. The van der Waals surface area contributed by atoms with E-state index in [1.807, 2.05) is 6.07 Å². The van der Waals surface area contributed by atoms with Crippen LogP contribution in [0, 0.1) is 17.2 Å². The van der Waals surface area contributed by atoms with Crippen molar-refractivity contribution in [2.45, 2.75) is 56.0 Å².